The fourth-order valence-corrected chi connectivity index (χ4v) is 5.57. The smallest absolute Gasteiger partial charge is 0.263 e. The van der Waals surface area contributed by atoms with Gasteiger partial charge < -0.3 is 11.1 Å². The molecule has 0 aliphatic rings. The molecule has 0 aliphatic carbocycles. The quantitative estimate of drug-likeness (QED) is 0.332. The average molecular weight is 515 g/mol. The summed E-state index contributed by atoms with van der Waals surface area (Å²) in [5.74, 6) is -0.331. The van der Waals surface area contributed by atoms with Crippen molar-refractivity contribution in [1.82, 2.24) is 15.5 Å². The first-order valence-electron chi connectivity index (χ1n) is 11.1. The molecule has 3 aromatic carbocycles. The van der Waals surface area contributed by atoms with Crippen molar-refractivity contribution in [2.45, 2.75) is 11.4 Å². The molecule has 5 rings (SSSR count). The second-order valence-electron chi connectivity index (χ2n) is 8.28. The fraction of sp³-hybridized carbons (Fsp3) is 0.0741. The molecule has 0 bridgehead atoms. The standard InChI is InChI=1S/C27H22N4O3S2/c1-36(33,34)20-14-12-17(13-15-20)16-29-26(32)25-23(28)22-21(18-8-4-2-5-9-18)24(30-31-27(22)35-25)19-10-6-3-7-11-19/h2-15H,16,28H2,1H3,(H,29,32). The van der Waals surface area contributed by atoms with Crippen LogP contribution in [0.25, 0.3) is 32.6 Å². The number of hydrogen-bond donors (Lipinski definition) is 2. The van der Waals surface area contributed by atoms with E-state index in [1.165, 1.54) is 23.5 Å². The van der Waals surface area contributed by atoms with E-state index in [9.17, 15) is 13.2 Å². The molecular formula is C27H22N4O3S2. The second-order valence-corrected chi connectivity index (χ2v) is 11.3. The topological polar surface area (TPSA) is 115 Å². The van der Waals surface area contributed by atoms with E-state index in [-0.39, 0.29) is 17.3 Å². The monoisotopic (exact) mass is 514 g/mol. The predicted molar refractivity (Wildman–Crippen MR) is 143 cm³/mol. The molecular weight excluding hydrogens is 492 g/mol. The highest BCUT2D eigenvalue weighted by Gasteiger charge is 2.23. The number of sulfone groups is 1. The number of carbonyl (C=O) groups is 1. The fourth-order valence-electron chi connectivity index (χ4n) is 3.98. The summed E-state index contributed by atoms with van der Waals surface area (Å²) in [5, 5.41) is 12.5. The number of amides is 1. The third kappa shape index (κ3) is 4.58. The van der Waals surface area contributed by atoms with Gasteiger partial charge in [0.1, 0.15) is 15.4 Å². The normalized spacial score (nSPS) is 11.5. The van der Waals surface area contributed by atoms with Crippen molar-refractivity contribution in [3.8, 4) is 22.4 Å². The minimum absolute atomic E-state index is 0.225. The van der Waals surface area contributed by atoms with Crippen LogP contribution in [0.2, 0.25) is 0 Å². The Morgan fingerprint density at radius 3 is 2.11 bits per heavy atom. The maximum absolute atomic E-state index is 13.1. The van der Waals surface area contributed by atoms with Gasteiger partial charge in [-0.1, -0.05) is 72.8 Å². The molecule has 2 heterocycles. The number of anilines is 1. The molecule has 5 aromatic rings. The summed E-state index contributed by atoms with van der Waals surface area (Å²) >= 11 is 1.20. The number of hydrogen-bond acceptors (Lipinski definition) is 7. The SMILES string of the molecule is CS(=O)(=O)c1ccc(CNC(=O)c2sc3nnc(-c4ccccc4)c(-c4ccccc4)c3c2N)cc1. The summed E-state index contributed by atoms with van der Waals surface area (Å²) in [7, 11) is -3.28. The Balaban J connectivity index is 1.52. The van der Waals surface area contributed by atoms with Crippen molar-refractivity contribution in [1.29, 1.82) is 0 Å². The van der Waals surface area contributed by atoms with Crippen molar-refractivity contribution in [3.05, 3.63) is 95.4 Å². The number of rotatable bonds is 6. The third-order valence-corrected chi connectivity index (χ3v) is 7.99. The summed E-state index contributed by atoms with van der Waals surface area (Å²) in [5.41, 5.74) is 11.1. The van der Waals surface area contributed by atoms with E-state index >= 15 is 0 Å². The van der Waals surface area contributed by atoms with Gasteiger partial charge in [-0.2, -0.15) is 0 Å². The van der Waals surface area contributed by atoms with E-state index in [4.69, 9.17) is 5.73 Å². The Bertz CT molecular complexity index is 1670. The molecule has 0 atom stereocenters. The maximum Gasteiger partial charge on any atom is 0.263 e. The number of carbonyl (C=O) groups excluding carboxylic acids is 1. The van der Waals surface area contributed by atoms with E-state index in [1.807, 2.05) is 60.7 Å². The molecule has 0 saturated carbocycles. The van der Waals surface area contributed by atoms with Crippen LogP contribution in [0.3, 0.4) is 0 Å². The van der Waals surface area contributed by atoms with Crippen molar-refractivity contribution in [3.63, 3.8) is 0 Å². The maximum atomic E-state index is 13.1. The number of benzene rings is 3. The van der Waals surface area contributed by atoms with Crippen LogP contribution in [0.1, 0.15) is 15.2 Å². The Hall–Kier alpha value is -4.08. The van der Waals surface area contributed by atoms with Crippen molar-refractivity contribution in [2.24, 2.45) is 0 Å². The van der Waals surface area contributed by atoms with E-state index in [0.29, 0.717) is 26.5 Å². The number of nitrogens with one attached hydrogen (secondary N) is 1. The summed E-state index contributed by atoms with van der Waals surface area (Å²) in [4.78, 5) is 14.3. The van der Waals surface area contributed by atoms with E-state index in [1.54, 1.807) is 12.1 Å². The lowest BCUT2D eigenvalue weighted by molar-refractivity contribution is 0.0956. The lowest BCUT2D eigenvalue weighted by Crippen LogP contribution is -2.22. The zero-order valence-electron chi connectivity index (χ0n) is 19.3. The molecule has 7 nitrogen and oxygen atoms in total. The lowest BCUT2D eigenvalue weighted by atomic mass is 9.96. The minimum atomic E-state index is -3.28. The molecule has 0 radical (unpaired) electrons. The molecule has 3 N–H and O–H groups in total. The summed E-state index contributed by atoms with van der Waals surface area (Å²) in [6.07, 6.45) is 1.16. The Morgan fingerprint density at radius 1 is 0.889 bits per heavy atom. The van der Waals surface area contributed by atoms with Gasteiger partial charge in [-0.15, -0.1) is 21.5 Å². The number of fused-ring (bicyclic) bond motifs is 1. The minimum Gasteiger partial charge on any atom is -0.397 e. The molecule has 0 saturated heterocycles. The number of aromatic nitrogens is 2. The molecule has 180 valence electrons. The lowest BCUT2D eigenvalue weighted by Gasteiger charge is -2.11. The molecule has 2 aromatic heterocycles. The van der Waals surface area contributed by atoms with E-state index < -0.39 is 9.84 Å². The molecule has 0 fully saturated rings. The van der Waals surface area contributed by atoms with Crippen LogP contribution in [0.4, 0.5) is 5.69 Å². The first kappa shape index (κ1) is 23.7. The number of nitrogens with zero attached hydrogens (tertiary/aromatic N) is 2. The molecule has 9 heteroatoms. The molecule has 0 spiro atoms. The predicted octanol–water partition coefficient (Wildman–Crippen LogP) is 4.94. The molecule has 0 aliphatic heterocycles. The first-order valence-corrected chi connectivity index (χ1v) is 13.8. The van der Waals surface area contributed by atoms with Gasteiger partial charge in [-0.3, -0.25) is 4.79 Å². The summed E-state index contributed by atoms with van der Waals surface area (Å²) < 4.78 is 23.3. The summed E-state index contributed by atoms with van der Waals surface area (Å²) in [6.45, 7) is 0.225. The Labute approximate surface area is 212 Å². The second kappa shape index (κ2) is 9.52. The van der Waals surface area contributed by atoms with Crippen LogP contribution in [0, 0.1) is 0 Å². The van der Waals surface area contributed by atoms with Gasteiger partial charge in [0.15, 0.2) is 9.84 Å². The Kier molecular flexibility index (Phi) is 6.26. The van der Waals surface area contributed by atoms with Gasteiger partial charge in [-0.05, 0) is 23.3 Å². The van der Waals surface area contributed by atoms with Crippen molar-refractivity contribution >= 4 is 43.0 Å². The van der Waals surface area contributed by atoms with Crippen molar-refractivity contribution < 1.29 is 13.2 Å². The highest BCUT2D eigenvalue weighted by Crippen LogP contribution is 2.42. The van der Waals surface area contributed by atoms with Gasteiger partial charge in [0, 0.05) is 29.3 Å². The number of nitrogens with two attached hydrogens (primary N) is 1. The number of nitrogen functional groups attached to an aromatic ring is 1. The zero-order valence-corrected chi connectivity index (χ0v) is 20.9. The van der Waals surface area contributed by atoms with Crippen LogP contribution >= 0.6 is 11.3 Å². The zero-order chi connectivity index (χ0) is 25.3. The average Bonchev–Trinajstić information content (AvgIpc) is 3.24. The number of thiophene rings is 1. The largest absolute Gasteiger partial charge is 0.397 e. The van der Waals surface area contributed by atoms with Crippen LogP contribution in [0.15, 0.2) is 89.8 Å². The van der Waals surface area contributed by atoms with Gasteiger partial charge in [0.05, 0.1) is 10.6 Å². The van der Waals surface area contributed by atoms with Gasteiger partial charge in [0.25, 0.3) is 5.91 Å². The van der Waals surface area contributed by atoms with Crippen LogP contribution in [-0.4, -0.2) is 30.8 Å². The van der Waals surface area contributed by atoms with Crippen molar-refractivity contribution in [2.75, 3.05) is 12.0 Å². The van der Waals surface area contributed by atoms with Crippen LogP contribution in [0.5, 0.6) is 0 Å². The van der Waals surface area contributed by atoms with E-state index in [2.05, 4.69) is 15.5 Å². The summed E-state index contributed by atoms with van der Waals surface area (Å²) in [6, 6.07) is 26.0. The molecule has 1 amide bonds. The van der Waals surface area contributed by atoms with E-state index in [0.717, 1.165) is 28.5 Å². The van der Waals surface area contributed by atoms with Gasteiger partial charge in [0.2, 0.25) is 0 Å². The highest BCUT2D eigenvalue weighted by atomic mass is 32.2. The molecule has 0 unspecified atom stereocenters. The first-order chi connectivity index (χ1) is 17.3. The Morgan fingerprint density at radius 2 is 1.50 bits per heavy atom. The van der Waals surface area contributed by atoms with Crippen LogP contribution < -0.4 is 11.1 Å². The highest BCUT2D eigenvalue weighted by molar-refractivity contribution is 7.90. The molecule has 36 heavy (non-hydrogen) atoms. The van der Waals surface area contributed by atoms with Crippen LogP contribution in [-0.2, 0) is 16.4 Å². The third-order valence-electron chi connectivity index (χ3n) is 5.77. The van der Waals surface area contributed by atoms with Gasteiger partial charge >= 0.3 is 0 Å². The van der Waals surface area contributed by atoms with Gasteiger partial charge in [-0.25, -0.2) is 8.42 Å².